The Morgan fingerprint density at radius 1 is 1.19 bits per heavy atom. The Kier molecular flexibility index (Phi) is 6.65. The van der Waals surface area contributed by atoms with Crippen LogP contribution in [0.5, 0.6) is 0 Å². The molecule has 0 unspecified atom stereocenters. The van der Waals surface area contributed by atoms with Crippen molar-refractivity contribution in [2.75, 3.05) is 33.2 Å². The lowest BCUT2D eigenvalue weighted by atomic mass is 9.95. The highest BCUT2D eigenvalue weighted by molar-refractivity contribution is 6.35. The molecule has 1 fully saturated rings. The summed E-state index contributed by atoms with van der Waals surface area (Å²) in [4.78, 5) is 17.1. The predicted molar refractivity (Wildman–Crippen MR) is 123 cm³/mol. The smallest absolute Gasteiger partial charge is 0.289 e. The average Bonchev–Trinajstić information content (AvgIpc) is 3.13. The summed E-state index contributed by atoms with van der Waals surface area (Å²) >= 11 is 6.23. The molecule has 1 saturated heterocycles. The Balaban J connectivity index is 1.32. The number of aliphatic hydroxyl groups excluding tert-OH is 1. The van der Waals surface area contributed by atoms with Gasteiger partial charge >= 0.3 is 0 Å². The molecule has 0 spiro atoms. The summed E-state index contributed by atoms with van der Waals surface area (Å²) in [5.74, 6) is 0.702. The number of halogens is 1. The van der Waals surface area contributed by atoms with Gasteiger partial charge in [0.1, 0.15) is 0 Å². The molecule has 2 heterocycles. The number of fused-ring (bicyclic) bond motifs is 1. The first kappa shape index (κ1) is 21.9. The van der Waals surface area contributed by atoms with Gasteiger partial charge < -0.3 is 19.3 Å². The number of nitrogens with zero attached hydrogens (tertiary/aromatic N) is 2. The number of aliphatic hydroxyl groups is 1. The molecule has 31 heavy (non-hydrogen) atoms. The highest BCUT2D eigenvalue weighted by Gasteiger charge is 2.26. The monoisotopic (exact) mass is 440 g/mol. The first-order valence-corrected chi connectivity index (χ1v) is 11.2. The number of para-hydroxylation sites is 1. The number of benzene rings is 2. The Morgan fingerprint density at radius 3 is 2.58 bits per heavy atom. The summed E-state index contributed by atoms with van der Waals surface area (Å²) in [7, 11) is 1.84. The van der Waals surface area contributed by atoms with Gasteiger partial charge in [0.2, 0.25) is 0 Å². The van der Waals surface area contributed by atoms with Crippen molar-refractivity contribution < 1.29 is 14.3 Å². The zero-order chi connectivity index (χ0) is 22.0. The molecule has 1 N–H and O–H groups in total. The summed E-state index contributed by atoms with van der Waals surface area (Å²) in [6.07, 6.45) is 1.54. The number of piperidine rings is 1. The number of carbonyl (C=O) groups excluding carboxylic acids is 1. The lowest BCUT2D eigenvalue weighted by Crippen LogP contribution is -2.40. The van der Waals surface area contributed by atoms with Crippen LogP contribution in [0.4, 0.5) is 0 Å². The van der Waals surface area contributed by atoms with E-state index in [4.69, 9.17) is 16.0 Å². The lowest BCUT2D eigenvalue weighted by Gasteiger charge is -2.34. The quantitative estimate of drug-likeness (QED) is 0.591. The molecule has 1 aliphatic heterocycles. The Morgan fingerprint density at radius 2 is 1.90 bits per heavy atom. The van der Waals surface area contributed by atoms with Gasteiger partial charge in [-0.05, 0) is 50.4 Å². The number of amides is 1. The molecule has 2 aromatic carbocycles. The molecule has 0 saturated carbocycles. The maximum atomic E-state index is 13.0. The van der Waals surface area contributed by atoms with E-state index in [2.05, 4.69) is 4.90 Å². The van der Waals surface area contributed by atoms with E-state index in [1.54, 1.807) is 11.0 Å². The second-order valence-corrected chi connectivity index (χ2v) is 8.94. The van der Waals surface area contributed by atoms with Crippen LogP contribution >= 0.6 is 11.6 Å². The molecule has 3 aromatic rings. The molecule has 4 rings (SSSR count). The molecule has 0 bridgehead atoms. The SMILES string of the molecule is Cc1c(C(=O)N(C)CC2CCN(C[C@@H](O)c3ccccc3)CC2)oc2c(Cl)cccc12. The van der Waals surface area contributed by atoms with Crippen LogP contribution in [-0.4, -0.2) is 54.0 Å². The molecule has 5 nitrogen and oxygen atoms in total. The van der Waals surface area contributed by atoms with Crippen molar-refractivity contribution in [3.8, 4) is 0 Å². The third kappa shape index (κ3) is 4.79. The third-order valence-electron chi connectivity index (χ3n) is 6.31. The molecule has 0 radical (unpaired) electrons. The second kappa shape index (κ2) is 9.43. The van der Waals surface area contributed by atoms with Crippen LogP contribution in [-0.2, 0) is 0 Å². The normalized spacial score (nSPS) is 16.5. The first-order valence-electron chi connectivity index (χ1n) is 10.8. The van der Waals surface area contributed by atoms with E-state index in [1.165, 1.54) is 0 Å². The maximum Gasteiger partial charge on any atom is 0.289 e. The summed E-state index contributed by atoms with van der Waals surface area (Å²) in [6.45, 7) is 5.09. The fourth-order valence-electron chi connectivity index (χ4n) is 4.43. The number of likely N-dealkylation sites (tertiary alicyclic amines) is 1. The van der Waals surface area contributed by atoms with Crippen molar-refractivity contribution >= 4 is 28.5 Å². The van der Waals surface area contributed by atoms with E-state index in [9.17, 15) is 9.90 Å². The van der Waals surface area contributed by atoms with E-state index >= 15 is 0 Å². The number of furan rings is 1. The standard InChI is InChI=1S/C25H29ClN2O3/c1-17-20-9-6-10-21(26)24(20)31-23(17)25(30)27(2)15-18-11-13-28(14-12-18)16-22(29)19-7-4-3-5-8-19/h3-10,18,22,29H,11-16H2,1-2H3/t22-/m1/s1. The van der Waals surface area contributed by atoms with Gasteiger partial charge in [-0.3, -0.25) is 4.79 Å². The van der Waals surface area contributed by atoms with Gasteiger partial charge in [0.25, 0.3) is 5.91 Å². The topological polar surface area (TPSA) is 56.9 Å². The van der Waals surface area contributed by atoms with Crippen molar-refractivity contribution in [1.29, 1.82) is 0 Å². The van der Waals surface area contributed by atoms with Crippen molar-refractivity contribution in [3.05, 3.63) is 70.4 Å². The van der Waals surface area contributed by atoms with Crippen LogP contribution in [0.25, 0.3) is 11.0 Å². The summed E-state index contributed by atoms with van der Waals surface area (Å²) in [6, 6.07) is 15.4. The number of hydrogen-bond donors (Lipinski definition) is 1. The lowest BCUT2D eigenvalue weighted by molar-refractivity contribution is 0.0659. The number of hydrogen-bond acceptors (Lipinski definition) is 4. The van der Waals surface area contributed by atoms with E-state index in [-0.39, 0.29) is 5.91 Å². The average molecular weight is 441 g/mol. The largest absolute Gasteiger partial charge is 0.449 e. The molecule has 0 aliphatic carbocycles. The van der Waals surface area contributed by atoms with Gasteiger partial charge in [0, 0.05) is 31.1 Å². The number of carbonyl (C=O) groups is 1. The van der Waals surface area contributed by atoms with E-state index in [1.807, 2.05) is 56.4 Å². The molecule has 1 atom stereocenters. The molecule has 6 heteroatoms. The van der Waals surface area contributed by atoms with Gasteiger partial charge in [-0.15, -0.1) is 0 Å². The van der Waals surface area contributed by atoms with Crippen molar-refractivity contribution in [1.82, 2.24) is 9.80 Å². The molecule has 1 amide bonds. The summed E-state index contributed by atoms with van der Waals surface area (Å²) in [5, 5.41) is 11.9. The second-order valence-electron chi connectivity index (χ2n) is 8.53. The van der Waals surface area contributed by atoms with Gasteiger partial charge in [0.15, 0.2) is 11.3 Å². The maximum absolute atomic E-state index is 13.0. The number of β-amino-alcohol motifs (C(OH)–C–C–N with tert-alkyl or cyclic N) is 1. The fourth-order valence-corrected chi connectivity index (χ4v) is 4.65. The van der Waals surface area contributed by atoms with Crippen LogP contribution in [0.3, 0.4) is 0 Å². The third-order valence-corrected chi connectivity index (χ3v) is 6.61. The van der Waals surface area contributed by atoms with Crippen LogP contribution in [0.1, 0.15) is 40.6 Å². The molecular formula is C25H29ClN2O3. The fraction of sp³-hybridized carbons (Fsp3) is 0.400. The molecule has 164 valence electrons. The highest BCUT2D eigenvalue weighted by atomic mass is 35.5. The minimum Gasteiger partial charge on any atom is -0.449 e. The zero-order valence-corrected chi connectivity index (χ0v) is 18.8. The van der Waals surface area contributed by atoms with Crippen LogP contribution in [0.15, 0.2) is 52.9 Å². The van der Waals surface area contributed by atoms with Gasteiger partial charge in [-0.2, -0.15) is 0 Å². The minimum atomic E-state index is -0.468. The van der Waals surface area contributed by atoms with E-state index < -0.39 is 6.10 Å². The Hall–Kier alpha value is -2.34. The minimum absolute atomic E-state index is 0.105. The summed E-state index contributed by atoms with van der Waals surface area (Å²) < 4.78 is 5.85. The molecular weight excluding hydrogens is 412 g/mol. The Bertz CT molecular complexity index is 1040. The van der Waals surface area contributed by atoms with Crippen LogP contribution in [0, 0.1) is 12.8 Å². The highest BCUT2D eigenvalue weighted by Crippen LogP contribution is 2.31. The van der Waals surface area contributed by atoms with Crippen molar-refractivity contribution in [3.63, 3.8) is 0 Å². The van der Waals surface area contributed by atoms with Crippen molar-refractivity contribution in [2.45, 2.75) is 25.9 Å². The van der Waals surface area contributed by atoms with Gasteiger partial charge in [-0.25, -0.2) is 0 Å². The first-order chi connectivity index (χ1) is 14.9. The number of aryl methyl sites for hydroxylation is 1. The summed E-state index contributed by atoms with van der Waals surface area (Å²) in [5.41, 5.74) is 2.36. The van der Waals surface area contributed by atoms with E-state index in [0.29, 0.717) is 35.4 Å². The van der Waals surface area contributed by atoms with Crippen LogP contribution in [0.2, 0.25) is 5.02 Å². The molecule has 1 aromatic heterocycles. The predicted octanol–water partition coefficient (Wildman–Crippen LogP) is 4.91. The molecule has 1 aliphatic rings. The zero-order valence-electron chi connectivity index (χ0n) is 18.1. The van der Waals surface area contributed by atoms with Crippen molar-refractivity contribution in [2.24, 2.45) is 5.92 Å². The van der Waals surface area contributed by atoms with Gasteiger partial charge in [0.05, 0.1) is 11.1 Å². The van der Waals surface area contributed by atoms with Crippen LogP contribution < -0.4 is 0 Å². The van der Waals surface area contributed by atoms with E-state index in [0.717, 1.165) is 42.4 Å². The van der Waals surface area contributed by atoms with Gasteiger partial charge in [-0.1, -0.05) is 54.1 Å². The number of rotatable bonds is 6. The Labute approximate surface area is 188 Å².